The van der Waals surface area contributed by atoms with E-state index < -0.39 is 14.4 Å². The molecular formula is C22H26O3Si. The zero-order valence-electron chi connectivity index (χ0n) is 15.6. The Morgan fingerprint density at radius 3 is 1.85 bits per heavy atom. The van der Waals surface area contributed by atoms with Gasteiger partial charge in [0, 0.05) is 0 Å². The molecule has 3 nitrogen and oxygen atoms in total. The molecule has 1 aromatic heterocycles. The predicted octanol–water partition coefficient (Wildman–Crippen LogP) is 3.89. The summed E-state index contributed by atoms with van der Waals surface area (Å²) in [5.74, 6) is 0.530. The number of furan rings is 1. The predicted molar refractivity (Wildman–Crippen MR) is 107 cm³/mol. The van der Waals surface area contributed by atoms with Gasteiger partial charge >= 0.3 is 0 Å². The van der Waals surface area contributed by atoms with Crippen LogP contribution < -0.4 is 10.4 Å². The molecule has 0 aliphatic carbocycles. The Morgan fingerprint density at radius 2 is 1.42 bits per heavy atom. The molecule has 0 saturated heterocycles. The van der Waals surface area contributed by atoms with Crippen molar-refractivity contribution in [1.82, 2.24) is 0 Å². The second kappa shape index (κ2) is 7.62. The van der Waals surface area contributed by atoms with Gasteiger partial charge in [0.25, 0.3) is 8.32 Å². The van der Waals surface area contributed by atoms with Crippen LogP contribution in [0.4, 0.5) is 0 Å². The molecule has 136 valence electrons. The minimum Gasteiger partial charge on any atom is -0.467 e. The van der Waals surface area contributed by atoms with Crippen LogP contribution in [0, 0.1) is 0 Å². The third-order valence-corrected chi connectivity index (χ3v) is 9.75. The third kappa shape index (κ3) is 3.54. The van der Waals surface area contributed by atoms with Crippen molar-refractivity contribution in [2.75, 3.05) is 6.61 Å². The number of hydrogen-bond acceptors (Lipinski definition) is 3. The van der Waals surface area contributed by atoms with Gasteiger partial charge in [0.1, 0.15) is 11.9 Å². The zero-order chi connectivity index (χ0) is 18.6. The van der Waals surface area contributed by atoms with Crippen LogP contribution in [0.15, 0.2) is 83.5 Å². The number of aliphatic hydroxyl groups is 1. The maximum atomic E-state index is 10.5. The smallest absolute Gasteiger partial charge is 0.261 e. The van der Waals surface area contributed by atoms with Crippen LogP contribution in [-0.2, 0) is 4.43 Å². The number of rotatable bonds is 6. The first kappa shape index (κ1) is 18.6. The van der Waals surface area contributed by atoms with E-state index in [-0.39, 0.29) is 11.6 Å². The van der Waals surface area contributed by atoms with Crippen molar-refractivity contribution in [3.63, 3.8) is 0 Å². The van der Waals surface area contributed by atoms with Gasteiger partial charge in [0.15, 0.2) is 0 Å². The Balaban J connectivity index is 2.05. The molecule has 1 N–H and O–H groups in total. The molecule has 0 amide bonds. The summed E-state index contributed by atoms with van der Waals surface area (Å²) in [6, 6.07) is 24.4. The molecule has 0 bridgehead atoms. The van der Waals surface area contributed by atoms with Crippen LogP contribution in [0.25, 0.3) is 0 Å². The van der Waals surface area contributed by atoms with Gasteiger partial charge in [0.2, 0.25) is 0 Å². The second-order valence-electron chi connectivity index (χ2n) is 7.51. The average molecular weight is 367 g/mol. The van der Waals surface area contributed by atoms with Crippen molar-refractivity contribution in [1.29, 1.82) is 0 Å². The molecule has 1 atom stereocenters. The molecule has 1 heterocycles. The lowest BCUT2D eigenvalue weighted by Crippen LogP contribution is -2.66. The highest BCUT2D eigenvalue weighted by atomic mass is 28.4. The summed E-state index contributed by atoms with van der Waals surface area (Å²) in [5, 5.41) is 12.8. The highest BCUT2D eigenvalue weighted by Gasteiger charge is 2.50. The highest BCUT2D eigenvalue weighted by molar-refractivity contribution is 6.99. The molecule has 0 fully saturated rings. The fourth-order valence-electron chi connectivity index (χ4n) is 3.53. The molecule has 0 radical (unpaired) electrons. The van der Waals surface area contributed by atoms with Crippen LogP contribution in [0.3, 0.4) is 0 Å². The Hall–Kier alpha value is -2.14. The lowest BCUT2D eigenvalue weighted by molar-refractivity contribution is 0.0842. The van der Waals surface area contributed by atoms with E-state index in [2.05, 4.69) is 69.3 Å². The normalized spacial score (nSPS) is 13.5. The van der Waals surface area contributed by atoms with E-state index in [0.29, 0.717) is 5.76 Å². The maximum Gasteiger partial charge on any atom is 0.261 e. The zero-order valence-corrected chi connectivity index (χ0v) is 16.6. The number of benzene rings is 2. The molecule has 0 spiro atoms. The van der Waals surface area contributed by atoms with Crippen molar-refractivity contribution in [3.8, 4) is 0 Å². The monoisotopic (exact) mass is 366 g/mol. The minimum absolute atomic E-state index is 0.113. The van der Waals surface area contributed by atoms with Gasteiger partial charge in [-0.1, -0.05) is 81.4 Å². The molecule has 3 aromatic rings. The molecule has 2 aromatic carbocycles. The topological polar surface area (TPSA) is 42.6 Å². The maximum absolute atomic E-state index is 10.5. The summed E-state index contributed by atoms with van der Waals surface area (Å²) < 4.78 is 12.0. The average Bonchev–Trinajstić information content (AvgIpc) is 3.17. The van der Waals surface area contributed by atoms with Gasteiger partial charge in [-0.2, -0.15) is 0 Å². The molecule has 4 heteroatoms. The lowest BCUT2D eigenvalue weighted by Gasteiger charge is -2.43. The van der Waals surface area contributed by atoms with Gasteiger partial charge in [-0.15, -0.1) is 0 Å². The molecule has 0 aliphatic rings. The summed E-state index contributed by atoms with van der Waals surface area (Å²) in [7, 11) is -2.63. The van der Waals surface area contributed by atoms with Crippen LogP contribution >= 0.6 is 0 Å². The van der Waals surface area contributed by atoms with E-state index in [9.17, 15) is 5.11 Å². The van der Waals surface area contributed by atoms with Crippen molar-refractivity contribution in [2.24, 2.45) is 0 Å². The first-order valence-corrected chi connectivity index (χ1v) is 10.8. The summed E-state index contributed by atoms with van der Waals surface area (Å²) in [4.78, 5) is 0. The van der Waals surface area contributed by atoms with Crippen molar-refractivity contribution >= 4 is 18.7 Å². The van der Waals surface area contributed by atoms with Crippen LogP contribution in [0.5, 0.6) is 0 Å². The van der Waals surface area contributed by atoms with Crippen molar-refractivity contribution in [3.05, 3.63) is 84.8 Å². The number of hydrogen-bond donors (Lipinski definition) is 1. The fraction of sp³-hybridized carbons (Fsp3) is 0.273. The van der Waals surface area contributed by atoms with E-state index in [1.54, 1.807) is 18.4 Å². The van der Waals surface area contributed by atoms with Crippen LogP contribution in [0.1, 0.15) is 32.6 Å². The van der Waals surface area contributed by atoms with E-state index in [1.807, 2.05) is 12.1 Å². The molecule has 3 rings (SSSR count). The van der Waals surface area contributed by atoms with Gasteiger partial charge in [0.05, 0.1) is 12.9 Å². The molecule has 0 saturated carbocycles. The second-order valence-corrected chi connectivity index (χ2v) is 11.8. The Labute approximate surface area is 156 Å². The van der Waals surface area contributed by atoms with Gasteiger partial charge < -0.3 is 13.9 Å². The van der Waals surface area contributed by atoms with E-state index in [0.717, 1.165) is 0 Å². The quantitative estimate of drug-likeness (QED) is 0.673. The van der Waals surface area contributed by atoms with Crippen LogP contribution in [0.2, 0.25) is 5.04 Å². The van der Waals surface area contributed by atoms with Crippen molar-refractivity contribution < 1.29 is 13.9 Å². The van der Waals surface area contributed by atoms with Gasteiger partial charge in [-0.25, -0.2) is 0 Å². The minimum atomic E-state index is -2.63. The Kier molecular flexibility index (Phi) is 5.46. The third-order valence-electron chi connectivity index (χ3n) is 4.75. The first-order chi connectivity index (χ1) is 12.4. The summed E-state index contributed by atoms with van der Waals surface area (Å²) in [6.07, 6.45) is 0.785. The molecule has 0 aliphatic heterocycles. The Bertz CT molecular complexity index is 753. The van der Waals surface area contributed by atoms with Gasteiger partial charge in [-0.05, 0) is 27.5 Å². The Morgan fingerprint density at radius 1 is 0.885 bits per heavy atom. The summed E-state index contributed by atoms with van der Waals surface area (Å²) in [5.41, 5.74) is 0. The summed E-state index contributed by atoms with van der Waals surface area (Å²) >= 11 is 0. The van der Waals surface area contributed by atoms with E-state index in [1.165, 1.54) is 10.4 Å². The number of aliphatic hydroxyl groups excluding tert-OH is 1. The largest absolute Gasteiger partial charge is 0.467 e. The van der Waals surface area contributed by atoms with E-state index in [4.69, 9.17) is 8.84 Å². The fourth-order valence-corrected chi connectivity index (χ4v) is 8.09. The van der Waals surface area contributed by atoms with Crippen molar-refractivity contribution in [2.45, 2.75) is 31.9 Å². The summed E-state index contributed by atoms with van der Waals surface area (Å²) in [6.45, 7) is 6.86. The molecule has 26 heavy (non-hydrogen) atoms. The first-order valence-electron chi connectivity index (χ1n) is 8.91. The lowest BCUT2D eigenvalue weighted by atomic mass is 10.2. The standard InChI is InChI=1S/C22H26O3Si/c1-22(2,3)26(18-11-6-4-7-12-18,19-13-8-5-9-14-19)25-17-20(23)21-15-10-16-24-21/h4-16,20,23H,17H2,1-3H3. The highest BCUT2D eigenvalue weighted by Crippen LogP contribution is 2.37. The SMILES string of the molecule is CC(C)(C)[Si](OCC(O)c1ccco1)(c1ccccc1)c1ccccc1. The molecular weight excluding hydrogens is 340 g/mol. The van der Waals surface area contributed by atoms with Gasteiger partial charge in [-0.3, -0.25) is 0 Å². The van der Waals surface area contributed by atoms with Crippen LogP contribution in [-0.4, -0.2) is 20.0 Å². The molecule has 1 unspecified atom stereocenters. The van der Waals surface area contributed by atoms with E-state index >= 15 is 0 Å².